The topological polar surface area (TPSA) is 15.3 Å². The molecule has 2 rings (SSSR count). The van der Waals surface area contributed by atoms with Gasteiger partial charge in [0.15, 0.2) is 0 Å². The SMILES string of the molecule is CN1C=C2NCC[C@@H]2C1.Cl.Cl. The molecule has 1 N–H and O–H groups in total. The van der Waals surface area contributed by atoms with Crippen molar-refractivity contribution in [2.75, 3.05) is 20.1 Å². The Morgan fingerprint density at radius 1 is 1.55 bits per heavy atom. The van der Waals surface area contributed by atoms with E-state index in [-0.39, 0.29) is 24.8 Å². The van der Waals surface area contributed by atoms with Crippen molar-refractivity contribution < 1.29 is 0 Å². The molecule has 1 fully saturated rings. The summed E-state index contributed by atoms with van der Waals surface area (Å²) >= 11 is 0. The first-order valence-corrected chi connectivity index (χ1v) is 3.52. The van der Waals surface area contributed by atoms with Gasteiger partial charge >= 0.3 is 0 Å². The van der Waals surface area contributed by atoms with Crippen molar-refractivity contribution in [3.8, 4) is 0 Å². The minimum absolute atomic E-state index is 0. The first-order valence-electron chi connectivity index (χ1n) is 3.52. The van der Waals surface area contributed by atoms with Crippen LogP contribution in [0.15, 0.2) is 11.9 Å². The quantitative estimate of drug-likeness (QED) is 0.628. The Hall–Kier alpha value is -0.0800. The molecule has 0 saturated carbocycles. The van der Waals surface area contributed by atoms with Crippen LogP contribution >= 0.6 is 24.8 Å². The summed E-state index contributed by atoms with van der Waals surface area (Å²) < 4.78 is 0. The third-order valence-corrected chi connectivity index (χ3v) is 2.13. The zero-order valence-electron chi connectivity index (χ0n) is 6.54. The highest BCUT2D eigenvalue weighted by Crippen LogP contribution is 2.25. The molecule has 2 aliphatic rings. The molecule has 0 radical (unpaired) electrons. The average Bonchev–Trinajstić information content (AvgIpc) is 2.22. The molecule has 0 spiro atoms. The zero-order chi connectivity index (χ0) is 6.27. The van der Waals surface area contributed by atoms with Gasteiger partial charge in [-0.15, -0.1) is 24.8 Å². The van der Waals surface area contributed by atoms with Crippen molar-refractivity contribution in [3.63, 3.8) is 0 Å². The van der Waals surface area contributed by atoms with E-state index in [1.165, 1.54) is 25.2 Å². The molecule has 1 atom stereocenters. The van der Waals surface area contributed by atoms with Gasteiger partial charge in [0.25, 0.3) is 0 Å². The van der Waals surface area contributed by atoms with E-state index in [2.05, 4.69) is 23.5 Å². The lowest BCUT2D eigenvalue weighted by Crippen LogP contribution is -2.11. The fourth-order valence-corrected chi connectivity index (χ4v) is 1.67. The van der Waals surface area contributed by atoms with Crippen LogP contribution in [0.5, 0.6) is 0 Å². The molecule has 0 unspecified atom stereocenters. The van der Waals surface area contributed by atoms with Gasteiger partial charge in [-0.2, -0.15) is 0 Å². The summed E-state index contributed by atoms with van der Waals surface area (Å²) in [5.41, 5.74) is 1.46. The van der Waals surface area contributed by atoms with E-state index >= 15 is 0 Å². The molecule has 2 heterocycles. The maximum absolute atomic E-state index is 3.37. The number of fused-ring (bicyclic) bond motifs is 1. The van der Waals surface area contributed by atoms with Crippen molar-refractivity contribution >= 4 is 24.8 Å². The molecule has 66 valence electrons. The Bertz CT molecular complexity index is 159. The fraction of sp³-hybridized carbons (Fsp3) is 0.714. The maximum atomic E-state index is 3.37. The highest BCUT2D eigenvalue weighted by atomic mass is 35.5. The standard InChI is InChI=1S/C7H12N2.2ClH/c1-9-4-6-2-3-8-7(6)5-9;;/h5-6,8H,2-4H2,1H3;2*1H/t6-;;/m1../s1. The lowest BCUT2D eigenvalue weighted by Gasteiger charge is -2.07. The van der Waals surface area contributed by atoms with Gasteiger partial charge in [0.1, 0.15) is 0 Å². The first-order chi connectivity index (χ1) is 4.36. The Kier molecular flexibility index (Phi) is 4.04. The molecule has 0 aromatic heterocycles. The highest BCUT2D eigenvalue weighted by Gasteiger charge is 2.26. The van der Waals surface area contributed by atoms with E-state index < -0.39 is 0 Å². The van der Waals surface area contributed by atoms with Crippen molar-refractivity contribution in [2.45, 2.75) is 6.42 Å². The Morgan fingerprint density at radius 3 is 2.91 bits per heavy atom. The number of rotatable bonds is 0. The van der Waals surface area contributed by atoms with Crippen LogP contribution in [0.3, 0.4) is 0 Å². The predicted octanol–water partition coefficient (Wildman–Crippen LogP) is 1.23. The zero-order valence-corrected chi connectivity index (χ0v) is 8.17. The summed E-state index contributed by atoms with van der Waals surface area (Å²) in [5, 5.41) is 3.37. The van der Waals surface area contributed by atoms with Crippen LogP contribution in [0.1, 0.15) is 6.42 Å². The number of hydrogen-bond donors (Lipinski definition) is 1. The third-order valence-electron chi connectivity index (χ3n) is 2.13. The van der Waals surface area contributed by atoms with Gasteiger partial charge in [0.2, 0.25) is 0 Å². The van der Waals surface area contributed by atoms with Crippen LogP contribution < -0.4 is 5.32 Å². The molecule has 0 bridgehead atoms. The fourth-order valence-electron chi connectivity index (χ4n) is 1.67. The minimum Gasteiger partial charge on any atom is -0.387 e. The second kappa shape index (κ2) is 4.07. The Balaban J connectivity index is 0.000000500. The molecule has 2 nitrogen and oxygen atoms in total. The van der Waals surface area contributed by atoms with Crippen molar-refractivity contribution in [2.24, 2.45) is 5.92 Å². The van der Waals surface area contributed by atoms with Crippen molar-refractivity contribution in [1.82, 2.24) is 10.2 Å². The van der Waals surface area contributed by atoms with Crippen LogP contribution in [0.2, 0.25) is 0 Å². The minimum atomic E-state index is 0. The molecule has 4 heteroatoms. The molecule has 2 aliphatic heterocycles. The van der Waals surface area contributed by atoms with Gasteiger partial charge in [-0.1, -0.05) is 0 Å². The van der Waals surface area contributed by atoms with E-state index in [0.717, 1.165) is 5.92 Å². The van der Waals surface area contributed by atoms with Gasteiger partial charge in [-0.3, -0.25) is 0 Å². The van der Waals surface area contributed by atoms with E-state index in [1.807, 2.05) is 0 Å². The summed E-state index contributed by atoms with van der Waals surface area (Å²) in [6.07, 6.45) is 3.55. The van der Waals surface area contributed by atoms with Gasteiger partial charge in [0.05, 0.1) is 0 Å². The molecule has 0 aromatic rings. The van der Waals surface area contributed by atoms with Gasteiger partial charge in [0, 0.05) is 38.0 Å². The van der Waals surface area contributed by atoms with Crippen LogP contribution in [0.4, 0.5) is 0 Å². The number of nitrogens with zero attached hydrogens (tertiary/aromatic N) is 1. The van der Waals surface area contributed by atoms with E-state index in [4.69, 9.17) is 0 Å². The van der Waals surface area contributed by atoms with Crippen molar-refractivity contribution in [3.05, 3.63) is 11.9 Å². The first kappa shape index (κ1) is 10.9. The van der Waals surface area contributed by atoms with Gasteiger partial charge in [-0.05, 0) is 6.42 Å². The summed E-state index contributed by atoms with van der Waals surface area (Å²) in [5.74, 6) is 0.829. The van der Waals surface area contributed by atoms with E-state index in [0.29, 0.717) is 0 Å². The molecular weight excluding hydrogens is 183 g/mol. The lowest BCUT2D eigenvalue weighted by atomic mass is 10.1. The molecule has 1 saturated heterocycles. The Morgan fingerprint density at radius 2 is 2.27 bits per heavy atom. The highest BCUT2D eigenvalue weighted by molar-refractivity contribution is 5.85. The summed E-state index contributed by atoms with van der Waals surface area (Å²) in [4.78, 5) is 2.26. The summed E-state index contributed by atoms with van der Waals surface area (Å²) in [6.45, 7) is 2.41. The third kappa shape index (κ3) is 1.94. The largest absolute Gasteiger partial charge is 0.387 e. The van der Waals surface area contributed by atoms with E-state index in [9.17, 15) is 0 Å². The molecule has 0 aliphatic carbocycles. The molecule has 0 aromatic carbocycles. The number of nitrogens with one attached hydrogen (secondary N) is 1. The maximum Gasteiger partial charge on any atom is 0.0318 e. The van der Waals surface area contributed by atoms with Crippen molar-refractivity contribution in [1.29, 1.82) is 0 Å². The predicted molar refractivity (Wildman–Crippen MR) is 51.3 cm³/mol. The van der Waals surface area contributed by atoms with Crippen LogP contribution in [-0.2, 0) is 0 Å². The smallest absolute Gasteiger partial charge is 0.0318 e. The summed E-state index contributed by atoms with van der Waals surface area (Å²) in [7, 11) is 2.13. The van der Waals surface area contributed by atoms with Crippen LogP contribution in [0, 0.1) is 5.92 Å². The number of halogens is 2. The molecule has 11 heavy (non-hydrogen) atoms. The van der Waals surface area contributed by atoms with E-state index in [1.54, 1.807) is 0 Å². The lowest BCUT2D eigenvalue weighted by molar-refractivity contribution is 0.433. The summed E-state index contributed by atoms with van der Waals surface area (Å²) in [6, 6.07) is 0. The van der Waals surface area contributed by atoms with Crippen LogP contribution in [0.25, 0.3) is 0 Å². The second-order valence-corrected chi connectivity index (χ2v) is 2.94. The average molecular weight is 197 g/mol. The van der Waals surface area contributed by atoms with Gasteiger partial charge < -0.3 is 10.2 Å². The monoisotopic (exact) mass is 196 g/mol. The Labute approximate surface area is 79.8 Å². The van der Waals surface area contributed by atoms with Gasteiger partial charge in [-0.25, -0.2) is 0 Å². The number of hydrogen-bond acceptors (Lipinski definition) is 2. The molecule has 0 amide bonds. The second-order valence-electron chi connectivity index (χ2n) is 2.94. The van der Waals surface area contributed by atoms with Crippen LogP contribution in [-0.4, -0.2) is 25.0 Å². The molecular formula is C7H14Cl2N2. The normalized spacial score (nSPS) is 26.1.